The van der Waals surface area contributed by atoms with Gasteiger partial charge in [0.15, 0.2) is 0 Å². The van der Waals surface area contributed by atoms with E-state index in [0.29, 0.717) is 5.56 Å². The van der Waals surface area contributed by atoms with Gasteiger partial charge in [0.05, 0.1) is 12.2 Å². The van der Waals surface area contributed by atoms with E-state index in [0.717, 1.165) is 31.1 Å². The fourth-order valence-electron chi connectivity index (χ4n) is 4.07. The van der Waals surface area contributed by atoms with Crippen LogP contribution in [0.4, 0.5) is 23.7 Å². The number of benzene rings is 1. The lowest BCUT2D eigenvalue weighted by Crippen LogP contribution is -2.50. The van der Waals surface area contributed by atoms with Gasteiger partial charge < -0.3 is 10.2 Å². The molecule has 4 amide bonds. The number of carbonyl (C=O) groups excluding carboxylic acids is 3. The van der Waals surface area contributed by atoms with Crippen molar-refractivity contribution in [3.8, 4) is 0 Å². The zero-order valence-electron chi connectivity index (χ0n) is 19.4. The highest BCUT2D eigenvalue weighted by Gasteiger charge is 2.42. The van der Waals surface area contributed by atoms with Crippen LogP contribution in [-0.2, 0) is 9.59 Å². The SMILES string of the molecule is CN1CCN(CC(=O)NC(c2ccncc2)N2CC(=O)N(c3ccc(SC(F)(F)F)cc3)C2=O)CC1. The van der Waals surface area contributed by atoms with E-state index in [-0.39, 0.29) is 41.3 Å². The Balaban J connectivity index is 1.51. The van der Waals surface area contributed by atoms with Crippen LogP contribution in [0.15, 0.2) is 53.7 Å². The Morgan fingerprint density at radius 3 is 2.31 bits per heavy atom. The average Bonchev–Trinajstić information content (AvgIpc) is 3.12. The van der Waals surface area contributed by atoms with Gasteiger partial charge in [0.2, 0.25) is 5.91 Å². The van der Waals surface area contributed by atoms with Crippen LogP contribution in [0.25, 0.3) is 0 Å². The first-order valence-electron chi connectivity index (χ1n) is 11.2. The van der Waals surface area contributed by atoms with Gasteiger partial charge in [0.25, 0.3) is 5.91 Å². The molecule has 2 aromatic rings. The van der Waals surface area contributed by atoms with Gasteiger partial charge in [-0.1, -0.05) is 0 Å². The van der Waals surface area contributed by atoms with Crippen molar-refractivity contribution in [1.29, 1.82) is 0 Å². The summed E-state index contributed by atoms with van der Waals surface area (Å²) in [7, 11) is 2.02. The van der Waals surface area contributed by atoms with Crippen molar-refractivity contribution in [1.82, 2.24) is 25.0 Å². The molecule has 0 bridgehead atoms. The summed E-state index contributed by atoms with van der Waals surface area (Å²) < 4.78 is 37.9. The molecule has 9 nitrogen and oxygen atoms in total. The van der Waals surface area contributed by atoms with Crippen molar-refractivity contribution in [3.63, 3.8) is 0 Å². The number of hydrogen-bond donors (Lipinski definition) is 1. The summed E-state index contributed by atoms with van der Waals surface area (Å²) in [6, 6.07) is 7.60. The van der Waals surface area contributed by atoms with Crippen LogP contribution in [-0.4, -0.2) is 89.4 Å². The normalized spacial score (nSPS) is 18.6. The molecular formula is C23H25F3N6O3S. The molecule has 0 saturated carbocycles. The van der Waals surface area contributed by atoms with E-state index >= 15 is 0 Å². The first-order chi connectivity index (χ1) is 17.1. The monoisotopic (exact) mass is 522 g/mol. The van der Waals surface area contributed by atoms with Gasteiger partial charge >= 0.3 is 11.5 Å². The summed E-state index contributed by atoms with van der Waals surface area (Å²) in [5.41, 5.74) is -3.73. The number of imide groups is 1. The number of halogens is 3. The lowest BCUT2D eigenvalue weighted by Gasteiger charge is -2.33. The molecule has 1 N–H and O–H groups in total. The first kappa shape index (κ1) is 25.9. The van der Waals surface area contributed by atoms with Crippen molar-refractivity contribution in [2.75, 3.05) is 51.2 Å². The molecule has 0 radical (unpaired) electrons. The standard InChI is InChI=1S/C23H25F3N6O3S/c1-29-10-12-30(13-11-29)14-19(33)28-21(16-6-8-27-9-7-16)31-15-20(34)32(22(31)35)17-2-4-18(5-3-17)36-23(24,25)26/h2-9,21H,10-15H2,1H3,(H,28,33). The number of thioether (sulfide) groups is 1. The van der Waals surface area contributed by atoms with Crippen LogP contribution < -0.4 is 10.2 Å². The number of alkyl halides is 3. The summed E-state index contributed by atoms with van der Waals surface area (Å²) >= 11 is -0.281. The summed E-state index contributed by atoms with van der Waals surface area (Å²) in [5, 5.41) is 2.87. The van der Waals surface area contributed by atoms with E-state index in [1.807, 2.05) is 11.9 Å². The number of anilines is 1. The minimum Gasteiger partial charge on any atom is -0.331 e. The quantitative estimate of drug-likeness (QED) is 0.442. The fourth-order valence-corrected chi connectivity index (χ4v) is 4.61. The number of carbonyl (C=O) groups is 3. The maximum atomic E-state index is 13.3. The Labute approximate surface area is 210 Å². The van der Waals surface area contributed by atoms with E-state index in [4.69, 9.17) is 0 Å². The largest absolute Gasteiger partial charge is 0.446 e. The van der Waals surface area contributed by atoms with Crippen molar-refractivity contribution in [3.05, 3.63) is 54.4 Å². The number of piperazine rings is 1. The van der Waals surface area contributed by atoms with Gasteiger partial charge in [0, 0.05) is 43.5 Å². The van der Waals surface area contributed by atoms with Crippen LogP contribution in [0.3, 0.4) is 0 Å². The molecule has 2 fully saturated rings. The van der Waals surface area contributed by atoms with Crippen molar-refractivity contribution in [2.24, 2.45) is 0 Å². The van der Waals surface area contributed by atoms with Gasteiger partial charge in [-0.05, 0) is 60.8 Å². The maximum Gasteiger partial charge on any atom is 0.446 e. The summed E-state index contributed by atoms with van der Waals surface area (Å²) in [5.74, 6) is -0.850. The van der Waals surface area contributed by atoms with Gasteiger partial charge in [-0.25, -0.2) is 9.69 Å². The van der Waals surface area contributed by atoms with Gasteiger partial charge in [-0.2, -0.15) is 13.2 Å². The topological polar surface area (TPSA) is 89.1 Å². The fraction of sp³-hybridized carbons (Fsp3) is 0.391. The molecule has 1 atom stereocenters. The third kappa shape index (κ3) is 6.33. The Bertz CT molecular complexity index is 1090. The Morgan fingerprint density at radius 1 is 1.06 bits per heavy atom. The second kappa shape index (κ2) is 10.8. The number of nitrogens with one attached hydrogen (secondary N) is 1. The van der Waals surface area contributed by atoms with Crippen molar-refractivity contribution in [2.45, 2.75) is 16.6 Å². The van der Waals surface area contributed by atoms with Crippen LogP contribution in [0.1, 0.15) is 11.7 Å². The molecule has 1 aromatic heterocycles. The molecule has 0 spiro atoms. The predicted molar refractivity (Wildman–Crippen MR) is 127 cm³/mol. The lowest BCUT2D eigenvalue weighted by atomic mass is 10.2. The number of rotatable bonds is 7. The Hall–Kier alpha value is -3.16. The molecule has 36 heavy (non-hydrogen) atoms. The molecule has 2 aliphatic rings. The van der Waals surface area contributed by atoms with Gasteiger partial charge in [-0.15, -0.1) is 0 Å². The molecule has 0 aliphatic carbocycles. The zero-order valence-corrected chi connectivity index (χ0v) is 20.3. The van der Waals surface area contributed by atoms with E-state index in [1.165, 1.54) is 41.6 Å². The Kier molecular flexibility index (Phi) is 7.81. The van der Waals surface area contributed by atoms with Crippen LogP contribution in [0.2, 0.25) is 0 Å². The number of aromatic nitrogens is 1. The summed E-state index contributed by atoms with van der Waals surface area (Å²) in [4.78, 5) is 49.3. The van der Waals surface area contributed by atoms with Crippen molar-refractivity contribution >= 4 is 35.3 Å². The minimum atomic E-state index is -4.45. The first-order valence-corrected chi connectivity index (χ1v) is 12.0. The van der Waals surface area contributed by atoms with Gasteiger partial charge in [-0.3, -0.25) is 24.4 Å². The van der Waals surface area contributed by atoms with Crippen LogP contribution in [0, 0.1) is 0 Å². The average molecular weight is 523 g/mol. The number of nitrogens with zero attached hydrogens (tertiary/aromatic N) is 5. The molecule has 13 heteroatoms. The number of likely N-dealkylation sites (N-methyl/N-ethyl adjacent to an activating group) is 1. The highest BCUT2D eigenvalue weighted by molar-refractivity contribution is 8.00. The molecular weight excluding hydrogens is 497 g/mol. The van der Waals surface area contributed by atoms with E-state index in [2.05, 4.69) is 15.2 Å². The van der Waals surface area contributed by atoms with Crippen molar-refractivity contribution < 1.29 is 27.6 Å². The Morgan fingerprint density at radius 2 is 1.69 bits per heavy atom. The minimum absolute atomic E-state index is 0.0620. The lowest BCUT2D eigenvalue weighted by molar-refractivity contribution is -0.125. The number of pyridine rings is 1. The number of urea groups is 1. The smallest absolute Gasteiger partial charge is 0.331 e. The second-order valence-corrected chi connectivity index (χ2v) is 9.65. The molecule has 1 unspecified atom stereocenters. The third-order valence-corrected chi connectivity index (χ3v) is 6.65. The zero-order chi connectivity index (χ0) is 25.9. The molecule has 192 valence electrons. The molecule has 2 aliphatic heterocycles. The highest BCUT2D eigenvalue weighted by atomic mass is 32.2. The predicted octanol–water partition coefficient (Wildman–Crippen LogP) is 2.52. The molecule has 1 aromatic carbocycles. The molecule has 4 rings (SSSR count). The van der Waals surface area contributed by atoms with E-state index in [1.54, 1.807) is 12.1 Å². The second-order valence-electron chi connectivity index (χ2n) is 8.51. The van der Waals surface area contributed by atoms with Crippen LogP contribution in [0.5, 0.6) is 0 Å². The van der Waals surface area contributed by atoms with Gasteiger partial charge in [0.1, 0.15) is 12.7 Å². The molecule has 2 saturated heterocycles. The van der Waals surface area contributed by atoms with E-state index in [9.17, 15) is 27.6 Å². The number of amides is 4. The third-order valence-electron chi connectivity index (χ3n) is 5.91. The van der Waals surface area contributed by atoms with Crippen LogP contribution >= 0.6 is 11.8 Å². The van der Waals surface area contributed by atoms with E-state index < -0.39 is 23.6 Å². The highest BCUT2D eigenvalue weighted by Crippen LogP contribution is 2.38. The summed E-state index contributed by atoms with van der Waals surface area (Å²) in [6.45, 7) is 3.00. The molecule has 3 heterocycles. The number of hydrogen-bond acceptors (Lipinski definition) is 7. The summed E-state index contributed by atoms with van der Waals surface area (Å²) in [6.07, 6.45) is 2.12. The maximum absolute atomic E-state index is 13.3.